The lowest BCUT2D eigenvalue weighted by molar-refractivity contribution is 0.0469. The number of nitrogens with zero attached hydrogens (tertiary/aromatic N) is 1. The predicted molar refractivity (Wildman–Crippen MR) is 73.8 cm³/mol. The molecule has 0 radical (unpaired) electrons. The van der Waals surface area contributed by atoms with Gasteiger partial charge < -0.3 is 9.84 Å². The van der Waals surface area contributed by atoms with Crippen LogP contribution in [0, 0.1) is 11.3 Å². The van der Waals surface area contributed by atoms with Crippen LogP contribution >= 0.6 is 0 Å². The van der Waals surface area contributed by atoms with Gasteiger partial charge in [-0.2, -0.15) is 5.26 Å². The lowest BCUT2D eigenvalue weighted by atomic mass is 10.1. The Morgan fingerprint density at radius 1 is 1.24 bits per heavy atom. The van der Waals surface area contributed by atoms with Gasteiger partial charge in [-0.25, -0.2) is 4.79 Å². The first-order valence-electron chi connectivity index (χ1n) is 6.08. The van der Waals surface area contributed by atoms with Crippen molar-refractivity contribution in [2.75, 3.05) is 0 Å². The molecule has 0 aliphatic heterocycles. The van der Waals surface area contributed by atoms with Crippen LogP contribution in [0.1, 0.15) is 31.8 Å². The third kappa shape index (κ3) is 3.45. The SMILES string of the molecule is N#Cc1ccc(COC(=O)c2cc(C=O)ccc2O)cc1. The molecule has 0 spiro atoms. The number of esters is 1. The van der Waals surface area contributed by atoms with Crippen molar-refractivity contribution in [3.63, 3.8) is 0 Å². The van der Waals surface area contributed by atoms with E-state index in [1.54, 1.807) is 24.3 Å². The van der Waals surface area contributed by atoms with E-state index < -0.39 is 5.97 Å². The van der Waals surface area contributed by atoms with E-state index in [1.165, 1.54) is 18.2 Å². The highest BCUT2D eigenvalue weighted by Crippen LogP contribution is 2.19. The van der Waals surface area contributed by atoms with Gasteiger partial charge in [-0.15, -0.1) is 0 Å². The maximum absolute atomic E-state index is 11.9. The van der Waals surface area contributed by atoms with Crippen molar-refractivity contribution in [3.8, 4) is 11.8 Å². The largest absolute Gasteiger partial charge is 0.507 e. The molecule has 0 aliphatic carbocycles. The van der Waals surface area contributed by atoms with Gasteiger partial charge in [0.15, 0.2) is 0 Å². The molecule has 104 valence electrons. The Morgan fingerprint density at radius 2 is 1.95 bits per heavy atom. The van der Waals surface area contributed by atoms with Crippen molar-refractivity contribution in [2.45, 2.75) is 6.61 Å². The quantitative estimate of drug-likeness (QED) is 0.687. The van der Waals surface area contributed by atoms with Crippen LogP contribution in [0.2, 0.25) is 0 Å². The van der Waals surface area contributed by atoms with Crippen molar-refractivity contribution in [3.05, 3.63) is 64.7 Å². The van der Waals surface area contributed by atoms with Crippen LogP contribution in [0.15, 0.2) is 42.5 Å². The van der Waals surface area contributed by atoms with E-state index in [4.69, 9.17) is 10.00 Å². The lowest BCUT2D eigenvalue weighted by Gasteiger charge is -2.07. The number of carbonyl (C=O) groups excluding carboxylic acids is 2. The summed E-state index contributed by atoms with van der Waals surface area (Å²) in [5.74, 6) is -0.967. The van der Waals surface area contributed by atoms with E-state index in [2.05, 4.69) is 0 Å². The van der Waals surface area contributed by atoms with Crippen molar-refractivity contribution >= 4 is 12.3 Å². The van der Waals surface area contributed by atoms with Crippen LogP contribution in [0.3, 0.4) is 0 Å². The van der Waals surface area contributed by atoms with Crippen LogP contribution < -0.4 is 0 Å². The topological polar surface area (TPSA) is 87.4 Å². The van der Waals surface area contributed by atoms with Crippen molar-refractivity contribution < 1.29 is 19.4 Å². The maximum Gasteiger partial charge on any atom is 0.342 e. The Labute approximate surface area is 121 Å². The summed E-state index contributed by atoms with van der Waals surface area (Å²) in [4.78, 5) is 22.6. The fourth-order valence-corrected chi connectivity index (χ4v) is 1.69. The van der Waals surface area contributed by atoms with Crippen LogP contribution in [-0.4, -0.2) is 17.4 Å². The third-order valence-corrected chi connectivity index (χ3v) is 2.83. The molecule has 0 bridgehead atoms. The highest BCUT2D eigenvalue weighted by atomic mass is 16.5. The van der Waals surface area contributed by atoms with Crippen LogP contribution in [-0.2, 0) is 11.3 Å². The van der Waals surface area contributed by atoms with Crippen molar-refractivity contribution in [1.29, 1.82) is 5.26 Å². The minimum Gasteiger partial charge on any atom is -0.507 e. The Kier molecular flexibility index (Phi) is 4.32. The number of aromatic hydroxyl groups is 1. The number of hydrogen-bond donors (Lipinski definition) is 1. The molecule has 0 heterocycles. The Bertz CT molecular complexity index is 714. The molecule has 21 heavy (non-hydrogen) atoms. The third-order valence-electron chi connectivity index (χ3n) is 2.83. The number of phenols is 1. The second-order valence-electron chi connectivity index (χ2n) is 4.28. The molecule has 2 rings (SSSR count). The monoisotopic (exact) mass is 281 g/mol. The molecule has 0 aliphatic rings. The number of ether oxygens (including phenoxy) is 1. The normalized spacial score (nSPS) is 9.67. The van der Waals surface area contributed by atoms with Gasteiger partial charge in [-0.1, -0.05) is 12.1 Å². The molecule has 0 aromatic heterocycles. The van der Waals surface area contributed by atoms with Crippen LogP contribution in [0.4, 0.5) is 0 Å². The molecule has 0 saturated carbocycles. The molecule has 5 nitrogen and oxygen atoms in total. The number of rotatable bonds is 4. The highest BCUT2D eigenvalue weighted by Gasteiger charge is 2.13. The summed E-state index contributed by atoms with van der Waals surface area (Å²) in [5, 5.41) is 18.3. The van der Waals surface area contributed by atoms with Crippen molar-refractivity contribution in [1.82, 2.24) is 0 Å². The fraction of sp³-hybridized carbons (Fsp3) is 0.0625. The molecule has 0 fully saturated rings. The van der Waals surface area contributed by atoms with E-state index in [0.29, 0.717) is 17.4 Å². The average molecular weight is 281 g/mol. The summed E-state index contributed by atoms with van der Waals surface area (Å²) >= 11 is 0. The summed E-state index contributed by atoms with van der Waals surface area (Å²) in [6.07, 6.45) is 0.580. The van der Waals surface area contributed by atoms with Gasteiger partial charge in [0.25, 0.3) is 0 Å². The predicted octanol–water partition coefficient (Wildman–Crippen LogP) is 2.43. The summed E-state index contributed by atoms with van der Waals surface area (Å²) in [7, 11) is 0. The second-order valence-corrected chi connectivity index (χ2v) is 4.28. The smallest absolute Gasteiger partial charge is 0.342 e. The Balaban J connectivity index is 2.07. The van der Waals surface area contributed by atoms with E-state index in [9.17, 15) is 14.7 Å². The molecule has 5 heteroatoms. The zero-order valence-electron chi connectivity index (χ0n) is 10.9. The first-order valence-corrected chi connectivity index (χ1v) is 6.08. The Hall–Kier alpha value is -3.13. The minimum absolute atomic E-state index is 0.00923. The van der Waals surface area contributed by atoms with Gasteiger partial charge >= 0.3 is 5.97 Å². The van der Waals surface area contributed by atoms with E-state index in [1.807, 2.05) is 6.07 Å². The van der Waals surface area contributed by atoms with Gasteiger partial charge in [-0.3, -0.25) is 4.79 Å². The summed E-state index contributed by atoms with van der Waals surface area (Å²) in [6.45, 7) is 0.00923. The first-order chi connectivity index (χ1) is 10.1. The highest BCUT2D eigenvalue weighted by molar-refractivity contribution is 5.94. The molecule has 0 atom stereocenters. The fourth-order valence-electron chi connectivity index (χ4n) is 1.69. The van der Waals surface area contributed by atoms with E-state index >= 15 is 0 Å². The van der Waals surface area contributed by atoms with Gasteiger partial charge in [-0.05, 0) is 35.9 Å². The number of nitriles is 1. The number of hydrogen-bond acceptors (Lipinski definition) is 5. The van der Waals surface area contributed by atoms with Crippen LogP contribution in [0.5, 0.6) is 5.75 Å². The molecule has 2 aromatic carbocycles. The van der Waals surface area contributed by atoms with Gasteiger partial charge in [0.2, 0.25) is 0 Å². The van der Waals surface area contributed by atoms with Crippen LogP contribution in [0.25, 0.3) is 0 Å². The minimum atomic E-state index is -0.722. The van der Waals surface area contributed by atoms with Gasteiger partial charge in [0.05, 0.1) is 11.6 Å². The number of phenolic OH excluding ortho intramolecular Hbond substituents is 1. The number of aldehydes is 1. The summed E-state index contributed by atoms with van der Waals surface area (Å²) < 4.78 is 5.07. The first kappa shape index (κ1) is 14.3. The standard InChI is InChI=1S/C16H11NO4/c17-8-11-1-3-12(4-2-11)10-21-16(20)14-7-13(9-18)5-6-15(14)19/h1-7,9,19H,10H2. The summed E-state index contributed by atoms with van der Waals surface area (Å²) in [5.41, 5.74) is 1.45. The molecular weight excluding hydrogens is 270 g/mol. The molecule has 1 N–H and O–H groups in total. The summed E-state index contributed by atoms with van der Waals surface area (Å²) in [6, 6.07) is 12.5. The van der Waals surface area contributed by atoms with Crippen molar-refractivity contribution in [2.24, 2.45) is 0 Å². The molecule has 0 saturated heterocycles. The molecule has 0 unspecified atom stereocenters. The Morgan fingerprint density at radius 3 is 2.57 bits per heavy atom. The molecule has 2 aromatic rings. The van der Waals surface area contributed by atoms with Gasteiger partial charge in [0, 0.05) is 5.56 Å². The second kappa shape index (κ2) is 6.35. The maximum atomic E-state index is 11.9. The zero-order valence-corrected chi connectivity index (χ0v) is 10.9. The van der Waals surface area contributed by atoms with E-state index in [-0.39, 0.29) is 23.5 Å². The van der Waals surface area contributed by atoms with Gasteiger partial charge in [0.1, 0.15) is 24.2 Å². The molecule has 0 amide bonds. The average Bonchev–Trinajstić information content (AvgIpc) is 2.53. The lowest BCUT2D eigenvalue weighted by Crippen LogP contribution is -2.06. The number of carbonyl (C=O) groups is 2. The zero-order chi connectivity index (χ0) is 15.2. The number of benzene rings is 2. The molecular formula is C16H11NO4. The van der Waals surface area contributed by atoms with E-state index in [0.717, 1.165) is 0 Å².